The third-order valence-electron chi connectivity index (χ3n) is 9.30. The molecule has 6 N–H and O–H groups in total. The number of allylic oxidation sites excluding steroid dienone is 4. The number of hydrogen-bond donors (Lipinski definition) is 6. The quantitative estimate of drug-likeness (QED) is 0.0187. The lowest BCUT2D eigenvalue weighted by Crippen LogP contribution is -2.64. The van der Waals surface area contributed by atoms with E-state index in [0.717, 1.165) is 70.6 Å². The molecule has 0 amide bonds. The summed E-state index contributed by atoms with van der Waals surface area (Å²) in [7, 11) is -5.11. The molecular formula is C39H71O13P. The van der Waals surface area contributed by atoms with Crippen molar-refractivity contribution >= 4 is 19.8 Å². The van der Waals surface area contributed by atoms with Gasteiger partial charge in [-0.3, -0.25) is 18.6 Å². The average Bonchev–Trinajstić information content (AvgIpc) is 3.13. The summed E-state index contributed by atoms with van der Waals surface area (Å²) >= 11 is 0. The second kappa shape index (κ2) is 30.5. The van der Waals surface area contributed by atoms with E-state index in [0.29, 0.717) is 12.8 Å². The van der Waals surface area contributed by atoms with Gasteiger partial charge in [-0.2, -0.15) is 0 Å². The molecule has 1 rings (SSSR count). The monoisotopic (exact) mass is 778 g/mol. The maximum atomic E-state index is 12.7. The van der Waals surface area contributed by atoms with Gasteiger partial charge in [0.1, 0.15) is 43.2 Å². The highest BCUT2D eigenvalue weighted by atomic mass is 31.2. The Balaban J connectivity index is 2.51. The van der Waals surface area contributed by atoms with Crippen molar-refractivity contribution in [2.45, 2.75) is 198 Å². The fourth-order valence-electron chi connectivity index (χ4n) is 5.96. The second-order valence-corrected chi connectivity index (χ2v) is 15.5. The molecule has 1 fully saturated rings. The van der Waals surface area contributed by atoms with Crippen LogP contribution in [0.15, 0.2) is 24.3 Å². The zero-order chi connectivity index (χ0) is 39.3. The van der Waals surface area contributed by atoms with Crippen LogP contribution in [0.1, 0.15) is 155 Å². The Bertz CT molecular complexity index is 1040. The largest absolute Gasteiger partial charge is 0.472 e. The Morgan fingerprint density at radius 1 is 0.585 bits per heavy atom. The van der Waals surface area contributed by atoms with Crippen LogP contribution in [0.25, 0.3) is 0 Å². The minimum Gasteiger partial charge on any atom is -0.462 e. The summed E-state index contributed by atoms with van der Waals surface area (Å²) in [5, 5.41) is 49.9. The van der Waals surface area contributed by atoms with Crippen molar-refractivity contribution in [1.29, 1.82) is 0 Å². The molecule has 0 bridgehead atoms. The number of ether oxygens (including phenoxy) is 2. The number of esters is 2. The smallest absolute Gasteiger partial charge is 0.462 e. The van der Waals surface area contributed by atoms with Gasteiger partial charge >= 0.3 is 19.8 Å². The molecule has 53 heavy (non-hydrogen) atoms. The highest BCUT2D eigenvalue weighted by Gasteiger charge is 2.51. The van der Waals surface area contributed by atoms with Gasteiger partial charge < -0.3 is 39.9 Å². The van der Waals surface area contributed by atoms with Crippen LogP contribution in [0.5, 0.6) is 0 Å². The molecule has 0 aromatic heterocycles. The van der Waals surface area contributed by atoms with Crippen LogP contribution in [0.2, 0.25) is 0 Å². The molecule has 0 radical (unpaired) electrons. The Labute approximate surface area is 317 Å². The molecule has 0 aliphatic heterocycles. The maximum Gasteiger partial charge on any atom is 0.472 e. The lowest BCUT2D eigenvalue weighted by molar-refractivity contribution is -0.220. The summed E-state index contributed by atoms with van der Waals surface area (Å²) in [6.07, 6.45) is 16.9. The number of phosphoric acid groups is 1. The molecule has 0 aromatic rings. The highest BCUT2D eigenvalue weighted by molar-refractivity contribution is 7.47. The van der Waals surface area contributed by atoms with Crippen LogP contribution in [0, 0.1) is 0 Å². The first-order valence-electron chi connectivity index (χ1n) is 20.1. The van der Waals surface area contributed by atoms with Crippen molar-refractivity contribution in [3.05, 3.63) is 24.3 Å². The predicted molar refractivity (Wildman–Crippen MR) is 203 cm³/mol. The van der Waals surface area contributed by atoms with Crippen molar-refractivity contribution in [3.63, 3.8) is 0 Å². The highest BCUT2D eigenvalue weighted by Crippen LogP contribution is 2.47. The summed E-state index contributed by atoms with van der Waals surface area (Å²) in [5.74, 6) is -1.12. The number of rotatable bonds is 32. The SMILES string of the molecule is CCCCC/C=C/C/C=C/CCCCCCCC(=O)OC[C@@H](COP(=O)(O)OC1C(O)C(O)C(O)[C@H](O)C1O)OC(=O)CCCCCCCCCCC. The predicted octanol–water partition coefficient (Wildman–Crippen LogP) is 6.50. The Kier molecular flexibility index (Phi) is 28.4. The Morgan fingerprint density at radius 2 is 1.02 bits per heavy atom. The van der Waals surface area contributed by atoms with E-state index in [1.807, 2.05) is 0 Å². The van der Waals surface area contributed by atoms with E-state index in [-0.39, 0.29) is 12.8 Å². The summed E-state index contributed by atoms with van der Waals surface area (Å²) in [6.45, 7) is 3.20. The molecule has 0 spiro atoms. The Hall–Kier alpha value is -1.67. The fraction of sp³-hybridized carbons (Fsp3) is 0.846. The normalized spacial score (nSPS) is 23.7. The Morgan fingerprint density at radius 3 is 1.57 bits per heavy atom. The van der Waals surface area contributed by atoms with Crippen molar-refractivity contribution in [1.82, 2.24) is 0 Å². The first-order valence-corrected chi connectivity index (χ1v) is 21.6. The number of carbonyl (C=O) groups is 2. The zero-order valence-corrected chi connectivity index (χ0v) is 33.2. The van der Waals surface area contributed by atoms with Crippen molar-refractivity contribution < 1.29 is 63.1 Å². The number of hydrogen-bond acceptors (Lipinski definition) is 12. The molecule has 1 saturated carbocycles. The average molecular weight is 779 g/mol. The molecule has 0 aromatic carbocycles. The lowest BCUT2D eigenvalue weighted by Gasteiger charge is -2.41. The minimum atomic E-state index is -5.11. The van der Waals surface area contributed by atoms with Crippen molar-refractivity contribution in [2.75, 3.05) is 13.2 Å². The molecule has 1 aliphatic rings. The van der Waals surface area contributed by atoms with Gasteiger partial charge in [0, 0.05) is 12.8 Å². The van der Waals surface area contributed by atoms with E-state index in [1.54, 1.807) is 0 Å². The van der Waals surface area contributed by atoms with Crippen LogP contribution >= 0.6 is 7.82 Å². The van der Waals surface area contributed by atoms with Gasteiger partial charge in [-0.25, -0.2) is 4.57 Å². The molecule has 0 heterocycles. The summed E-state index contributed by atoms with van der Waals surface area (Å²) in [5.41, 5.74) is 0. The third kappa shape index (κ3) is 23.8. The summed E-state index contributed by atoms with van der Waals surface area (Å²) in [4.78, 5) is 35.4. The maximum absolute atomic E-state index is 12.7. The number of carbonyl (C=O) groups excluding carboxylic acids is 2. The molecule has 8 atom stereocenters. The van der Waals surface area contributed by atoms with E-state index >= 15 is 0 Å². The first kappa shape index (κ1) is 49.3. The molecule has 310 valence electrons. The van der Waals surface area contributed by atoms with Gasteiger partial charge in [0.15, 0.2) is 6.10 Å². The van der Waals surface area contributed by atoms with E-state index in [9.17, 15) is 44.6 Å². The molecule has 6 unspecified atom stereocenters. The zero-order valence-electron chi connectivity index (χ0n) is 32.3. The molecule has 13 nitrogen and oxygen atoms in total. The van der Waals surface area contributed by atoms with E-state index in [2.05, 4.69) is 38.2 Å². The van der Waals surface area contributed by atoms with Gasteiger partial charge in [-0.1, -0.05) is 122 Å². The number of aliphatic hydroxyl groups is 5. The van der Waals surface area contributed by atoms with Crippen LogP contribution in [0.4, 0.5) is 0 Å². The van der Waals surface area contributed by atoms with Gasteiger partial charge in [-0.15, -0.1) is 0 Å². The molecular weight excluding hydrogens is 707 g/mol. The van der Waals surface area contributed by atoms with Crippen LogP contribution in [-0.2, 0) is 32.7 Å². The number of phosphoric ester groups is 1. The fourth-order valence-corrected chi connectivity index (χ4v) is 6.94. The van der Waals surface area contributed by atoms with Gasteiger partial charge in [0.25, 0.3) is 0 Å². The summed E-state index contributed by atoms with van der Waals surface area (Å²) < 4.78 is 33.3. The van der Waals surface area contributed by atoms with E-state index in [4.69, 9.17) is 18.5 Å². The second-order valence-electron chi connectivity index (χ2n) is 14.1. The van der Waals surface area contributed by atoms with Crippen LogP contribution in [-0.4, -0.2) is 98.3 Å². The topological polar surface area (TPSA) is 210 Å². The molecule has 0 saturated heterocycles. The number of unbranched alkanes of at least 4 members (excludes halogenated alkanes) is 16. The molecule has 14 heteroatoms. The van der Waals surface area contributed by atoms with Crippen molar-refractivity contribution in [2.24, 2.45) is 0 Å². The van der Waals surface area contributed by atoms with E-state index in [1.165, 1.54) is 44.9 Å². The summed E-state index contributed by atoms with van der Waals surface area (Å²) in [6, 6.07) is 0. The van der Waals surface area contributed by atoms with E-state index < -0.39 is 75.7 Å². The standard InChI is InChI=1S/C39H71O13P/c1-3-5-7-9-11-13-14-15-16-17-18-20-21-23-25-27-32(40)49-29-31(51-33(41)28-26-24-22-19-12-10-8-6-4-2)30-50-53(47,48)52-39-37(45)35(43)34(42)36(44)38(39)46/h11,13,15-16,31,34-39,42-46H,3-10,12,14,17-30H2,1-2H3,(H,47,48)/b13-11+,16-15+/t31-,34?,35-,36?,37?,38?,39?/m0/s1. The lowest BCUT2D eigenvalue weighted by atomic mass is 9.85. The van der Waals surface area contributed by atoms with Gasteiger partial charge in [0.2, 0.25) is 0 Å². The first-order chi connectivity index (χ1) is 25.4. The van der Waals surface area contributed by atoms with Gasteiger partial charge in [0.05, 0.1) is 6.61 Å². The van der Waals surface area contributed by atoms with Crippen molar-refractivity contribution in [3.8, 4) is 0 Å². The van der Waals surface area contributed by atoms with Crippen LogP contribution < -0.4 is 0 Å². The van der Waals surface area contributed by atoms with Gasteiger partial charge in [-0.05, 0) is 44.9 Å². The molecule has 1 aliphatic carbocycles. The number of aliphatic hydroxyl groups excluding tert-OH is 5. The minimum absolute atomic E-state index is 0.0953. The third-order valence-corrected chi connectivity index (χ3v) is 10.3. The van der Waals surface area contributed by atoms with Crippen LogP contribution in [0.3, 0.4) is 0 Å².